The third kappa shape index (κ3) is 4.64. The summed E-state index contributed by atoms with van der Waals surface area (Å²) in [5.74, 6) is 1.03. The summed E-state index contributed by atoms with van der Waals surface area (Å²) in [6.07, 6.45) is 5.90. The predicted octanol–water partition coefficient (Wildman–Crippen LogP) is 5.05. The lowest BCUT2D eigenvalue weighted by molar-refractivity contribution is -0.125. The summed E-state index contributed by atoms with van der Waals surface area (Å²) >= 11 is 0. The number of nitrogens with one attached hydrogen (secondary N) is 1. The van der Waals surface area contributed by atoms with E-state index >= 15 is 0 Å². The van der Waals surface area contributed by atoms with E-state index in [4.69, 9.17) is 9.47 Å². The summed E-state index contributed by atoms with van der Waals surface area (Å²) in [6, 6.07) is 10.3. The van der Waals surface area contributed by atoms with Gasteiger partial charge in [0.2, 0.25) is 5.91 Å². The zero-order valence-corrected chi connectivity index (χ0v) is 20.5. The van der Waals surface area contributed by atoms with Crippen molar-refractivity contribution in [2.24, 2.45) is 5.92 Å². The largest absolute Gasteiger partial charge is 0.378 e. The van der Waals surface area contributed by atoms with Crippen LogP contribution in [0.2, 0.25) is 0 Å². The lowest BCUT2D eigenvalue weighted by atomic mass is 9.85. The van der Waals surface area contributed by atoms with Crippen molar-refractivity contribution in [1.82, 2.24) is 4.98 Å². The first-order valence-electron chi connectivity index (χ1n) is 12.7. The molecule has 1 N–H and O–H groups in total. The Bertz CT molecular complexity index is 1010. The Kier molecular flexibility index (Phi) is 6.75. The summed E-state index contributed by atoms with van der Waals surface area (Å²) in [6.45, 7) is 9.45. The summed E-state index contributed by atoms with van der Waals surface area (Å²) < 4.78 is 11.6. The van der Waals surface area contributed by atoms with E-state index in [0.717, 1.165) is 80.4 Å². The van der Waals surface area contributed by atoms with Crippen molar-refractivity contribution in [2.45, 2.75) is 64.7 Å². The van der Waals surface area contributed by atoms with Gasteiger partial charge in [0.1, 0.15) is 5.82 Å². The van der Waals surface area contributed by atoms with Crippen LogP contribution in [0.3, 0.4) is 0 Å². The van der Waals surface area contributed by atoms with Crippen molar-refractivity contribution in [3.8, 4) is 0 Å². The van der Waals surface area contributed by atoms with Gasteiger partial charge in [-0.2, -0.15) is 0 Å². The summed E-state index contributed by atoms with van der Waals surface area (Å²) in [5, 5.41) is 3.51. The number of nitrogens with zero attached hydrogens (tertiary/aromatic N) is 3. The SMILES string of the molecule is CC(C)OC1CCC(C(=O)N2c3cc(N4CCOCC4)ccc3Nc3ncccc3C2C)CC1. The van der Waals surface area contributed by atoms with Crippen LogP contribution in [0.15, 0.2) is 36.5 Å². The molecular weight excluding hydrogens is 428 g/mol. The third-order valence-electron chi connectivity index (χ3n) is 7.27. The second-order valence-corrected chi connectivity index (χ2v) is 9.91. The Hall–Kier alpha value is -2.64. The quantitative estimate of drug-likeness (QED) is 0.683. The van der Waals surface area contributed by atoms with Gasteiger partial charge in [-0.1, -0.05) is 6.07 Å². The van der Waals surface area contributed by atoms with Gasteiger partial charge in [-0.15, -0.1) is 0 Å². The molecule has 2 aliphatic heterocycles. The maximum Gasteiger partial charge on any atom is 0.230 e. The number of amides is 1. The molecule has 0 radical (unpaired) electrons. The number of morpholine rings is 1. The second-order valence-electron chi connectivity index (χ2n) is 9.91. The van der Waals surface area contributed by atoms with Crippen LogP contribution in [-0.4, -0.2) is 49.4 Å². The van der Waals surface area contributed by atoms with Gasteiger partial charge in [0, 0.05) is 36.5 Å². The van der Waals surface area contributed by atoms with Crippen molar-refractivity contribution in [3.05, 3.63) is 42.1 Å². The molecule has 1 amide bonds. The van der Waals surface area contributed by atoms with E-state index in [1.165, 1.54) is 0 Å². The van der Waals surface area contributed by atoms with E-state index in [2.05, 4.69) is 60.2 Å². The number of carbonyl (C=O) groups excluding carboxylic acids is 1. The zero-order chi connectivity index (χ0) is 23.7. The molecule has 3 heterocycles. The van der Waals surface area contributed by atoms with E-state index < -0.39 is 0 Å². The number of ether oxygens (including phenoxy) is 2. The van der Waals surface area contributed by atoms with Crippen molar-refractivity contribution in [3.63, 3.8) is 0 Å². The van der Waals surface area contributed by atoms with Gasteiger partial charge in [-0.25, -0.2) is 4.98 Å². The van der Waals surface area contributed by atoms with Gasteiger partial charge in [0.05, 0.1) is 42.8 Å². The van der Waals surface area contributed by atoms with Crippen LogP contribution >= 0.6 is 0 Å². The Labute approximate surface area is 202 Å². The number of fused-ring (bicyclic) bond motifs is 2. The highest BCUT2D eigenvalue weighted by molar-refractivity contribution is 6.01. The minimum Gasteiger partial charge on any atom is -0.378 e. The summed E-state index contributed by atoms with van der Waals surface area (Å²) in [7, 11) is 0. The Morgan fingerprint density at radius 3 is 2.65 bits per heavy atom. The smallest absolute Gasteiger partial charge is 0.230 e. The number of pyridine rings is 1. The highest BCUT2D eigenvalue weighted by Gasteiger charge is 2.36. The maximum atomic E-state index is 14.1. The highest BCUT2D eigenvalue weighted by Crippen LogP contribution is 2.44. The van der Waals surface area contributed by atoms with Gasteiger partial charge in [0.15, 0.2) is 0 Å². The van der Waals surface area contributed by atoms with Gasteiger partial charge in [-0.05, 0) is 70.7 Å². The van der Waals surface area contributed by atoms with Crippen LogP contribution in [0.4, 0.5) is 22.9 Å². The minimum atomic E-state index is -0.116. The average Bonchev–Trinajstić information content (AvgIpc) is 2.97. The van der Waals surface area contributed by atoms with E-state index in [-0.39, 0.29) is 30.1 Å². The lowest BCUT2D eigenvalue weighted by Gasteiger charge is -2.36. The highest BCUT2D eigenvalue weighted by atomic mass is 16.5. The predicted molar refractivity (Wildman–Crippen MR) is 135 cm³/mol. The topological polar surface area (TPSA) is 66.9 Å². The molecule has 7 heteroatoms. The first-order valence-corrected chi connectivity index (χ1v) is 12.7. The minimum absolute atomic E-state index is 0.00702. The zero-order valence-electron chi connectivity index (χ0n) is 20.5. The molecule has 2 fully saturated rings. The average molecular weight is 465 g/mol. The molecule has 1 saturated carbocycles. The molecule has 1 aromatic carbocycles. The van der Waals surface area contributed by atoms with E-state index in [1.54, 1.807) is 6.20 Å². The fraction of sp³-hybridized carbons (Fsp3) is 0.556. The molecular formula is C27H36N4O3. The van der Waals surface area contributed by atoms with E-state index in [1.807, 2.05) is 11.0 Å². The number of hydrogen-bond acceptors (Lipinski definition) is 6. The van der Waals surface area contributed by atoms with Crippen LogP contribution in [0.25, 0.3) is 0 Å². The molecule has 34 heavy (non-hydrogen) atoms. The molecule has 1 aromatic heterocycles. The number of hydrogen-bond donors (Lipinski definition) is 1. The van der Waals surface area contributed by atoms with Gasteiger partial charge in [0.25, 0.3) is 0 Å². The molecule has 1 saturated heterocycles. The summed E-state index contributed by atoms with van der Waals surface area (Å²) in [5.41, 5.74) is 4.02. The van der Waals surface area contributed by atoms with Crippen LogP contribution in [0.1, 0.15) is 58.1 Å². The monoisotopic (exact) mass is 464 g/mol. The number of carbonyl (C=O) groups is 1. The van der Waals surface area contributed by atoms with Crippen molar-refractivity contribution >= 4 is 28.8 Å². The first kappa shape index (κ1) is 23.1. The number of rotatable bonds is 4. The van der Waals surface area contributed by atoms with Gasteiger partial charge < -0.3 is 24.6 Å². The molecule has 3 aliphatic rings. The fourth-order valence-electron chi connectivity index (χ4n) is 5.51. The third-order valence-corrected chi connectivity index (χ3v) is 7.27. The molecule has 0 bridgehead atoms. The van der Waals surface area contributed by atoms with Crippen LogP contribution in [-0.2, 0) is 14.3 Å². The number of aromatic nitrogens is 1. The number of benzene rings is 1. The Morgan fingerprint density at radius 2 is 1.91 bits per heavy atom. The standard InChI is InChI=1S/C27H36N4O3/c1-18(2)34-22-9-6-20(7-10-22)27(32)31-19(3)23-5-4-12-28-26(23)29-24-11-8-21(17-25(24)31)30-13-15-33-16-14-30/h4-5,8,11-12,17-20,22H,6-7,9-10,13-16H2,1-3H3,(H,28,29). The summed E-state index contributed by atoms with van der Waals surface area (Å²) in [4.78, 5) is 23.1. The molecule has 182 valence electrons. The number of anilines is 4. The molecule has 1 unspecified atom stereocenters. The van der Waals surface area contributed by atoms with Crippen LogP contribution < -0.4 is 15.1 Å². The maximum absolute atomic E-state index is 14.1. The lowest BCUT2D eigenvalue weighted by Crippen LogP contribution is -2.40. The van der Waals surface area contributed by atoms with E-state index in [0.29, 0.717) is 0 Å². The van der Waals surface area contributed by atoms with Crippen molar-refractivity contribution in [1.29, 1.82) is 0 Å². The molecule has 2 aromatic rings. The fourth-order valence-corrected chi connectivity index (χ4v) is 5.51. The molecule has 1 atom stereocenters. The molecule has 7 nitrogen and oxygen atoms in total. The normalized spacial score (nSPS) is 24.8. The van der Waals surface area contributed by atoms with Crippen molar-refractivity contribution < 1.29 is 14.3 Å². The molecule has 0 spiro atoms. The van der Waals surface area contributed by atoms with Gasteiger partial charge >= 0.3 is 0 Å². The molecule has 1 aliphatic carbocycles. The molecule has 5 rings (SSSR count). The van der Waals surface area contributed by atoms with Crippen molar-refractivity contribution in [2.75, 3.05) is 41.4 Å². The van der Waals surface area contributed by atoms with Crippen LogP contribution in [0, 0.1) is 5.92 Å². The first-order chi connectivity index (χ1) is 16.5. The Morgan fingerprint density at radius 1 is 1.15 bits per heavy atom. The van der Waals surface area contributed by atoms with Gasteiger partial charge in [-0.3, -0.25) is 4.79 Å². The van der Waals surface area contributed by atoms with E-state index in [9.17, 15) is 4.79 Å². The van der Waals surface area contributed by atoms with Crippen LogP contribution in [0.5, 0.6) is 0 Å². The second kappa shape index (κ2) is 9.92. The Balaban J connectivity index is 1.48.